The van der Waals surface area contributed by atoms with Crippen LogP contribution in [0.1, 0.15) is 16.2 Å². The largest absolute Gasteiger partial charge is 0.497 e. The van der Waals surface area contributed by atoms with E-state index in [1.165, 1.54) is 13.2 Å². The highest BCUT2D eigenvalue weighted by Gasteiger charge is 2.33. The Bertz CT molecular complexity index is 622. The van der Waals surface area contributed by atoms with E-state index in [4.69, 9.17) is 4.74 Å². The van der Waals surface area contributed by atoms with Gasteiger partial charge in [0.1, 0.15) is 11.4 Å². The van der Waals surface area contributed by atoms with Crippen LogP contribution in [-0.4, -0.2) is 23.2 Å². The van der Waals surface area contributed by atoms with Gasteiger partial charge in [0.15, 0.2) is 5.69 Å². The molecular weight excluding hydrogens is 275 g/mol. The van der Waals surface area contributed by atoms with E-state index in [-0.39, 0.29) is 5.69 Å². The van der Waals surface area contributed by atoms with Crippen molar-refractivity contribution in [2.75, 3.05) is 12.4 Å². The number of anilines is 1. The molecule has 0 aliphatic carbocycles. The fourth-order valence-electron chi connectivity index (χ4n) is 1.48. The van der Waals surface area contributed by atoms with Crippen molar-refractivity contribution in [3.05, 3.63) is 41.7 Å². The summed E-state index contributed by atoms with van der Waals surface area (Å²) in [5.41, 5.74) is -1.03. The van der Waals surface area contributed by atoms with Gasteiger partial charge in [-0.3, -0.25) is 9.89 Å². The molecule has 2 rings (SSSR count). The molecule has 0 bridgehead atoms. The third-order valence-electron chi connectivity index (χ3n) is 2.44. The number of H-pyrrole nitrogens is 1. The lowest BCUT2D eigenvalue weighted by Crippen LogP contribution is -2.12. The zero-order valence-electron chi connectivity index (χ0n) is 10.3. The van der Waals surface area contributed by atoms with Gasteiger partial charge in [0.05, 0.1) is 7.11 Å². The Morgan fingerprint density at radius 3 is 2.70 bits per heavy atom. The molecule has 8 heteroatoms. The number of nitrogens with one attached hydrogen (secondary N) is 2. The van der Waals surface area contributed by atoms with E-state index in [0.717, 1.165) is 0 Å². The van der Waals surface area contributed by atoms with Crippen LogP contribution in [0.4, 0.5) is 18.9 Å². The highest BCUT2D eigenvalue weighted by Crippen LogP contribution is 2.27. The summed E-state index contributed by atoms with van der Waals surface area (Å²) in [5.74, 6) is -0.231. The molecule has 0 saturated carbocycles. The lowest BCUT2D eigenvalue weighted by molar-refractivity contribution is -0.141. The first-order chi connectivity index (χ1) is 9.40. The number of carbonyl (C=O) groups is 1. The molecule has 0 aliphatic rings. The molecule has 1 aromatic carbocycles. The molecule has 2 N–H and O–H groups in total. The predicted octanol–water partition coefficient (Wildman–Crippen LogP) is 2.69. The molecule has 0 spiro atoms. The van der Waals surface area contributed by atoms with Gasteiger partial charge in [-0.15, -0.1) is 0 Å². The van der Waals surface area contributed by atoms with E-state index < -0.39 is 17.8 Å². The Kier molecular flexibility index (Phi) is 3.64. The normalized spacial score (nSPS) is 11.2. The monoisotopic (exact) mass is 285 g/mol. The van der Waals surface area contributed by atoms with Crippen LogP contribution in [-0.2, 0) is 6.18 Å². The maximum Gasteiger partial charge on any atom is 0.432 e. The van der Waals surface area contributed by atoms with Crippen molar-refractivity contribution < 1.29 is 22.7 Å². The smallest absolute Gasteiger partial charge is 0.432 e. The number of amides is 1. The molecule has 0 fully saturated rings. The van der Waals surface area contributed by atoms with Gasteiger partial charge in [-0.2, -0.15) is 18.3 Å². The summed E-state index contributed by atoms with van der Waals surface area (Å²) in [7, 11) is 1.46. The summed E-state index contributed by atoms with van der Waals surface area (Å²) in [6.07, 6.45) is -4.57. The van der Waals surface area contributed by atoms with E-state index in [2.05, 4.69) is 10.4 Å². The van der Waals surface area contributed by atoms with Crippen LogP contribution in [0.5, 0.6) is 5.75 Å². The number of carbonyl (C=O) groups excluding carboxylic acids is 1. The quantitative estimate of drug-likeness (QED) is 0.911. The van der Waals surface area contributed by atoms with Crippen molar-refractivity contribution in [1.82, 2.24) is 10.2 Å². The van der Waals surface area contributed by atoms with Gasteiger partial charge in [0.2, 0.25) is 0 Å². The Morgan fingerprint density at radius 2 is 2.10 bits per heavy atom. The molecule has 0 radical (unpaired) electrons. The minimum Gasteiger partial charge on any atom is -0.497 e. The zero-order valence-corrected chi connectivity index (χ0v) is 10.3. The Morgan fingerprint density at radius 1 is 1.35 bits per heavy atom. The number of alkyl halides is 3. The predicted molar refractivity (Wildman–Crippen MR) is 64.5 cm³/mol. The maximum absolute atomic E-state index is 12.4. The van der Waals surface area contributed by atoms with Crippen LogP contribution in [0, 0.1) is 0 Å². The van der Waals surface area contributed by atoms with Gasteiger partial charge in [0, 0.05) is 17.8 Å². The minimum absolute atomic E-state index is 0.347. The van der Waals surface area contributed by atoms with E-state index in [1.54, 1.807) is 23.3 Å². The first-order valence-electron chi connectivity index (χ1n) is 5.48. The van der Waals surface area contributed by atoms with Gasteiger partial charge < -0.3 is 10.1 Å². The number of aromatic nitrogens is 2. The van der Waals surface area contributed by atoms with Crippen LogP contribution in [0.2, 0.25) is 0 Å². The van der Waals surface area contributed by atoms with E-state index >= 15 is 0 Å². The van der Waals surface area contributed by atoms with Gasteiger partial charge in [-0.05, 0) is 12.1 Å². The van der Waals surface area contributed by atoms with Crippen molar-refractivity contribution in [1.29, 1.82) is 0 Å². The first-order valence-corrected chi connectivity index (χ1v) is 5.48. The summed E-state index contributed by atoms with van der Waals surface area (Å²) in [6, 6.07) is 7.08. The summed E-state index contributed by atoms with van der Waals surface area (Å²) in [5, 5.41) is 7.54. The summed E-state index contributed by atoms with van der Waals surface area (Å²) >= 11 is 0. The number of methoxy groups -OCH3 is 1. The molecule has 5 nitrogen and oxygen atoms in total. The van der Waals surface area contributed by atoms with E-state index in [0.29, 0.717) is 17.5 Å². The number of aromatic amines is 1. The standard InChI is InChI=1S/C12H10F3N3O2/c1-20-8-4-2-3-7(5-8)16-11(19)9-6-10(18-17-9)12(13,14)15/h2-6H,1H3,(H,16,19)(H,17,18). The van der Waals surface area contributed by atoms with Gasteiger partial charge in [-0.25, -0.2) is 0 Å². The third kappa shape index (κ3) is 3.08. The van der Waals surface area contributed by atoms with Crippen molar-refractivity contribution in [2.45, 2.75) is 6.18 Å². The number of rotatable bonds is 3. The molecule has 1 aromatic heterocycles. The number of benzene rings is 1. The highest BCUT2D eigenvalue weighted by molar-refractivity contribution is 6.03. The lowest BCUT2D eigenvalue weighted by Gasteiger charge is -2.05. The first kappa shape index (κ1) is 13.9. The van der Waals surface area contributed by atoms with E-state index in [9.17, 15) is 18.0 Å². The topological polar surface area (TPSA) is 67.0 Å². The van der Waals surface area contributed by atoms with Crippen molar-refractivity contribution >= 4 is 11.6 Å². The van der Waals surface area contributed by atoms with Crippen LogP contribution in [0.3, 0.4) is 0 Å². The SMILES string of the molecule is COc1cccc(NC(=O)c2cc(C(F)(F)F)[nH]n2)c1. The second kappa shape index (κ2) is 5.24. The molecule has 106 valence electrons. The molecule has 0 unspecified atom stereocenters. The van der Waals surface area contributed by atoms with Crippen molar-refractivity contribution in [2.24, 2.45) is 0 Å². The number of hydrogen-bond donors (Lipinski definition) is 2. The van der Waals surface area contributed by atoms with Crippen LogP contribution in [0.25, 0.3) is 0 Å². The molecule has 0 aliphatic heterocycles. The second-order valence-electron chi connectivity index (χ2n) is 3.85. The fraction of sp³-hybridized carbons (Fsp3) is 0.167. The van der Waals surface area contributed by atoms with Crippen molar-refractivity contribution in [3.8, 4) is 5.75 Å². The van der Waals surface area contributed by atoms with Gasteiger partial charge in [-0.1, -0.05) is 6.07 Å². The Labute approximate surface area is 111 Å². The maximum atomic E-state index is 12.4. The number of ether oxygens (including phenoxy) is 1. The lowest BCUT2D eigenvalue weighted by atomic mass is 10.3. The van der Waals surface area contributed by atoms with Gasteiger partial charge in [0.25, 0.3) is 5.91 Å². The summed E-state index contributed by atoms with van der Waals surface area (Å²) < 4.78 is 42.1. The number of nitrogens with zero attached hydrogens (tertiary/aromatic N) is 1. The molecular formula is C12H10F3N3O2. The Hall–Kier alpha value is -2.51. The molecule has 0 saturated heterocycles. The minimum atomic E-state index is -4.57. The average molecular weight is 285 g/mol. The Balaban J connectivity index is 2.13. The molecule has 20 heavy (non-hydrogen) atoms. The molecule has 1 heterocycles. The number of halogens is 3. The molecule has 2 aromatic rings. The van der Waals surface area contributed by atoms with Crippen LogP contribution >= 0.6 is 0 Å². The molecule has 1 amide bonds. The van der Waals surface area contributed by atoms with Crippen LogP contribution < -0.4 is 10.1 Å². The van der Waals surface area contributed by atoms with Gasteiger partial charge >= 0.3 is 6.18 Å². The molecule has 0 atom stereocenters. The number of hydrogen-bond acceptors (Lipinski definition) is 3. The zero-order chi connectivity index (χ0) is 14.8. The highest BCUT2D eigenvalue weighted by atomic mass is 19.4. The second-order valence-corrected chi connectivity index (χ2v) is 3.85. The van der Waals surface area contributed by atoms with Crippen molar-refractivity contribution in [3.63, 3.8) is 0 Å². The average Bonchev–Trinajstić information content (AvgIpc) is 2.88. The fourth-order valence-corrected chi connectivity index (χ4v) is 1.48. The summed E-state index contributed by atoms with van der Waals surface area (Å²) in [6.45, 7) is 0. The summed E-state index contributed by atoms with van der Waals surface area (Å²) in [4.78, 5) is 11.8. The van der Waals surface area contributed by atoms with Crippen LogP contribution in [0.15, 0.2) is 30.3 Å². The third-order valence-corrected chi connectivity index (χ3v) is 2.44. The van der Waals surface area contributed by atoms with E-state index in [1.807, 2.05) is 0 Å².